The van der Waals surface area contributed by atoms with Crippen molar-refractivity contribution < 1.29 is 4.74 Å². The number of ether oxygens (including phenoxy) is 1. The van der Waals surface area contributed by atoms with E-state index in [1.165, 1.54) is 0 Å². The van der Waals surface area contributed by atoms with Crippen LogP contribution in [0.1, 0.15) is 34.1 Å². The van der Waals surface area contributed by atoms with Gasteiger partial charge in [-0.3, -0.25) is 0 Å². The SMILES string of the molecule is C=C(Cl)CNC1CC(OCC(C)C)C1(C)C. The van der Waals surface area contributed by atoms with E-state index in [0.717, 1.165) is 13.0 Å². The molecular weight excluding hydrogens is 222 g/mol. The van der Waals surface area contributed by atoms with Crippen LogP contribution >= 0.6 is 11.6 Å². The van der Waals surface area contributed by atoms with Gasteiger partial charge in [-0.05, 0) is 12.3 Å². The summed E-state index contributed by atoms with van der Waals surface area (Å²) >= 11 is 5.75. The minimum Gasteiger partial charge on any atom is -0.377 e. The van der Waals surface area contributed by atoms with Crippen molar-refractivity contribution in [1.82, 2.24) is 5.32 Å². The van der Waals surface area contributed by atoms with Crippen LogP contribution in [0.4, 0.5) is 0 Å². The molecule has 1 aliphatic carbocycles. The highest BCUT2D eigenvalue weighted by molar-refractivity contribution is 6.29. The Bertz CT molecular complexity index is 250. The summed E-state index contributed by atoms with van der Waals surface area (Å²) in [4.78, 5) is 0. The van der Waals surface area contributed by atoms with Gasteiger partial charge in [0.25, 0.3) is 0 Å². The van der Waals surface area contributed by atoms with Gasteiger partial charge in [0, 0.05) is 29.6 Å². The molecule has 1 N–H and O–H groups in total. The van der Waals surface area contributed by atoms with Gasteiger partial charge in [0.15, 0.2) is 0 Å². The van der Waals surface area contributed by atoms with E-state index in [4.69, 9.17) is 16.3 Å². The lowest BCUT2D eigenvalue weighted by molar-refractivity contribution is -0.123. The van der Waals surface area contributed by atoms with Crippen molar-refractivity contribution in [3.8, 4) is 0 Å². The maximum absolute atomic E-state index is 5.90. The predicted molar refractivity (Wildman–Crippen MR) is 69.8 cm³/mol. The molecule has 0 heterocycles. The van der Waals surface area contributed by atoms with Crippen LogP contribution in [-0.4, -0.2) is 25.3 Å². The average Bonchev–Trinajstić information content (AvgIpc) is 2.14. The molecule has 0 aliphatic heterocycles. The van der Waals surface area contributed by atoms with Gasteiger partial charge in [0.2, 0.25) is 0 Å². The zero-order valence-electron chi connectivity index (χ0n) is 10.8. The molecule has 0 aromatic rings. The van der Waals surface area contributed by atoms with Crippen molar-refractivity contribution >= 4 is 11.6 Å². The number of hydrogen-bond donors (Lipinski definition) is 1. The largest absolute Gasteiger partial charge is 0.377 e. The second-order valence-corrected chi connectivity index (χ2v) is 6.26. The zero-order chi connectivity index (χ0) is 12.3. The smallest absolute Gasteiger partial charge is 0.0656 e. The fourth-order valence-electron chi connectivity index (χ4n) is 2.06. The number of hydrogen-bond acceptors (Lipinski definition) is 2. The highest BCUT2D eigenvalue weighted by Gasteiger charge is 2.48. The molecule has 2 atom stereocenters. The third-order valence-electron chi connectivity index (χ3n) is 3.35. The quantitative estimate of drug-likeness (QED) is 0.776. The van der Waals surface area contributed by atoms with Crippen LogP contribution in [0.2, 0.25) is 0 Å². The molecule has 0 saturated heterocycles. The van der Waals surface area contributed by atoms with Gasteiger partial charge >= 0.3 is 0 Å². The molecular formula is C13H24ClNO. The Morgan fingerprint density at radius 1 is 1.56 bits per heavy atom. The minimum atomic E-state index is 0.196. The fraction of sp³-hybridized carbons (Fsp3) is 0.846. The lowest BCUT2D eigenvalue weighted by Gasteiger charge is -2.52. The first-order valence-corrected chi connectivity index (χ1v) is 6.40. The zero-order valence-corrected chi connectivity index (χ0v) is 11.6. The summed E-state index contributed by atoms with van der Waals surface area (Å²) in [6.07, 6.45) is 1.44. The van der Waals surface area contributed by atoms with E-state index < -0.39 is 0 Å². The molecule has 0 aromatic carbocycles. The van der Waals surface area contributed by atoms with E-state index in [1.807, 2.05) is 0 Å². The van der Waals surface area contributed by atoms with E-state index in [-0.39, 0.29) is 5.41 Å². The molecule has 16 heavy (non-hydrogen) atoms. The Labute approximate surface area is 104 Å². The van der Waals surface area contributed by atoms with Crippen molar-refractivity contribution in [3.05, 3.63) is 11.6 Å². The molecule has 0 radical (unpaired) electrons. The van der Waals surface area contributed by atoms with Gasteiger partial charge in [-0.1, -0.05) is 45.9 Å². The first-order chi connectivity index (χ1) is 7.34. The molecule has 1 rings (SSSR count). The topological polar surface area (TPSA) is 21.3 Å². The van der Waals surface area contributed by atoms with Gasteiger partial charge < -0.3 is 10.1 Å². The summed E-state index contributed by atoms with van der Waals surface area (Å²) in [5, 5.41) is 4.08. The first kappa shape index (κ1) is 14.0. The van der Waals surface area contributed by atoms with Crippen LogP contribution in [0.25, 0.3) is 0 Å². The van der Waals surface area contributed by atoms with Crippen molar-refractivity contribution in [2.24, 2.45) is 11.3 Å². The van der Waals surface area contributed by atoms with Gasteiger partial charge in [0.1, 0.15) is 0 Å². The van der Waals surface area contributed by atoms with Crippen LogP contribution in [0.15, 0.2) is 11.6 Å². The van der Waals surface area contributed by atoms with Crippen molar-refractivity contribution in [2.45, 2.75) is 46.3 Å². The van der Waals surface area contributed by atoms with E-state index in [1.54, 1.807) is 0 Å². The fourth-order valence-corrected chi connectivity index (χ4v) is 2.13. The highest BCUT2D eigenvalue weighted by atomic mass is 35.5. The monoisotopic (exact) mass is 245 g/mol. The average molecular weight is 246 g/mol. The first-order valence-electron chi connectivity index (χ1n) is 6.02. The van der Waals surface area contributed by atoms with Crippen LogP contribution in [0.3, 0.4) is 0 Å². The third kappa shape index (κ3) is 3.47. The standard InChI is InChI=1S/C13H24ClNO/c1-9(2)8-16-12-6-11(13(12,4)5)15-7-10(3)14/h9,11-12,15H,3,6-8H2,1-2,4-5H3. The molecule has 1 saturated carbocycles. The van der Waals surface area contributed by atoms with Crippen LogP contribution < -0.4 is 5.32 Å². The third-order valence-corrected chi connectivity index (χ3v) is 3.48. The summed E-state index contributed by atoms with van der Waals surface area (Å²) in [5.41, 5.74) is 0.196. The Kier molecular flexibility index (Phi) is 4.84. The number of halogens is 1. The summed E-state index contributed by atoms with van der Waals surface area (Å²) in [5.74, 6) is 0.602. The van der Waals surface area contributed by atoms with E-state index in [2.05, 4.69) is 39.6 Å². The second-order valence-electron chi connectivity index (χ2n) is 5.72. The Morgan fingerprint density at radius 3 is 2.62 bits per heavy atom. The van der Waals surface area contributed by atoms with Crippen LogP contribution in [0, 0.1) is 11.3 Å². The lowest BCUT2D eigenvalue weighted by Crippen LogP contribution is -2.61. The Hall–Kier alpha value is -0.0500. The molecule has 0 bridgehead atoms. The molecule has 0 amide bonds. The van der Waals surface area contributed by atoms with Gasteiger partial charge in [-0.2, -0.15) is 0 Å². The van der Waals surface area contributed by atoms with Crippen molar-refractivity contribution in [2.75, 3.05) is 13.2 Å². The highest BCUT2D eigenvalue weighted by Crippen LogP contribution is 2.42. The molecule has 0 aromatic heterocycles. The molecule has 1 aliphatic rings. The Balaban J connectivity index is 2.32. The molecule has 0 spiro atoms. The summed E-state index contributed by atoms with van der Waals surface area (Å²) in [7, 11) is 0. The van der Waals surface area contributed by atoms with E-state index >= 15 is 0 Å². The molecule has 2 unspecified atom stereocenters. The second kappa shape index (κ2) is 5.52. The van der Waals surface area contributed by atoms with E-state index in [0.29, 0.717) is 29.6 Å². The molecule has 94 valence electrons. The summed E-state index contributed by atoms with van der Waals surface area (Å²) in [6.45, 7) is 14.1. The lowest BCUT2D eigenvalue weighted by atomic mass is 9.64. The maximum Gasteiger partial charge on any atom is 0.0656 e. The Morgan fingerprint density at radius 2 is 2.19 bits per heavy atom. The van der Waals surface area contributed by atoms with Crippen LogP contribution in [0.5, 0.6) is 0 Å². The van der Waals surface area contributed by atoms with Gasteiger partial charge in [-0.25, -0.2) is 0 Å². The predicted octanol–water partition coefficient (Wildman–Crippen LogP) is 3.17. The minimum absolute atomic E-state index is 0.196. The molecule has 2 nitrogen and oxygen atoms in total. The number of rotatable bonds is 6. The van der Waals surface area contributed by atoms with E-state index in [9.17, 15) is 0 Å². The number of nitrogens with one attached hydrogen (secondary N) is 1. The van der Waals surface area contributed by atoms with Gasteiger partial charge in [-0.15, -0.1) is 0 Å². The van der Waals surface area contributed by atoms with Crippen LogP contribution in [-0.2, 0) is 4.74 Å². The van der Waals surface area contributed by atoms with Crippen molar-refractivity contribution in [1.29, 1.82) is 0 Å². The summed E-state index contributed by atoms with van der Waals surface area (Å²) < 4.78 is 5.90. The normalized spacial score (nSPS) is 27.9. The maximum atomic E-state index is 5.90. The molecule has 1 fully saturated rings. The summed E-state index contributed by atoms with van der Waals surface area (Å²) in [6, 6.07) is 0.486. The van der Waals surface area contributed by atoms with Gasteiger partial charge in [0.05, 0.1) is 6.10 Å². The van der Waals surface area contributed by atoms with Crippen molar-refractivity contribution in [3.63, 3.8) is 0 Å². The molecule has 3 heteroatoms.